The minimum atomic E-state index is -0.0898. The number of piperidine rings is 1. The van der Waals surface area contributed by atoms with E-state index in [1.165, 1.54) is 6.42 Å². The van der Waals surface area contributed by atoms with Crippen LogP contribution in [0.2, 0.25) is 0 Å². The Kier molecular flexibility index (Phi) is 7.31. The van der Waals surface area contributed by atoms with Crippen molar-refractivity contribution < 1.29 is 14.3 Å². The van der Waals surface area contributed by atoms with Gasteiger partial charge in [-0.1, -0.05) is 0 Å². The summed E-state index contributed by atoms with van der Waals surface area (Å²) in [6.45, 7) is 4.87. The topological polar surface area (TPSA) is 68.6 Å². The second-order valence-corrected chi connectivity index (χ2v) is 7.24. The Balaban J connectivity index is 1.45. The highest BCUT2D eigenvalue weighted by Crippen LogP contribution is 2.22. The minimum Gasteiger partial charge on any atom is -0.497 e. The normalized spacial score (nSPS) is 17.3. The second kappa shape index (κ2) is 10.1. The lowest BCUT2D eigenvalue weighted by atomic mass is 9.97. The van der Waals surface area contributed by atoms with Gasteiger partial charge in [0.15, 0.2) is 0 Å². The van der Waals surface area contributed by atoms with Gasteiger partial charge in [-0.3, -0.25) is 9.48 Å². The largest absolute Gasteiger partial charge is 0.497 e. The molecule has 3 rings (SSSR count). The lowest BCUT2D eigenvalue weighted by Crippen LogP contribution is -2.41. The zero-order valence-corrected chi connectivity index (χ0v) is 16.8. The monoisotopic (exact) mass is 386 g/mol. The van der Waals surface area contributed by atoms with Gasteiger partial charge in [-0.2, -0.15) is 5.10 Å². The first-order chi connectivity index (χ1) is 13.7. The number of carbonyl (C=O) groups is 1. The SMILES string of the molecule is COc1cc(OC)cc(C(=O)NCC2CCCN(CCCn3cccn3)C2)c1. The molecule has 1 aromatic heterocycles. The first-order valence-corrected chi connectivity index (χ1v) is 9.89. The number of ether oxygens (including phenoxy) is 2. The standard InChI is InChI=1S/C21H30N4O3/c1-27-19-12-18(13-20(14-19)28-2)21(26)22-15-17-6-3-8-24(16-17)9-5-11-25-10-4-7-23-25/h4,7,10,12-14,17H,3,5-6,8-9,11,15-16H2,1-2H3,(H,22,26). The molecule has 2 heterocycles. The number of amides is 1. The molecule has 7 nitrogen and oxygen atoms in total. The number of carbonyl (C=O) groups excluding carboxylic acids is 1. The number of nitrogens with one attached hydrogen (secondary N) is 1. The van der Waals surface area contributed by atoms with Crippen LogP contribution in [0.15, 0.2) is 36.7 Å². The molecule has 0 bridgehead atoms. The van der Waals surface area contributed by atoms with Crippen LogP contribution in [0.4, 0.5) is 0 Å². The van der Waals surface area contributed by atoms with Crippen LogP contribution in [0.5, 0.6) is 11.5 Å². The molecule has 2 aromatic rings. The maximum absolute atomic E-state index is 12.6. The Morgan fingerprint density at radius 1 is 1.21 bits per heavy atom. The molecule has 1 fully saturated rings. The van der Waals surface area contributed by atoms with Crippen LogP contribution >= 0.6 is 0 Å². The van der Waals surface area contributed by atoms with E-state index in [2.05, 4.69) is 15.3 Å². The highest BCUT2D eigenvalue weighted by Gasteiger charge is 2.20. The molecule has 1 aliphatic rings. The summed E-state index contributed by atoms with van der Waals surface area (Å²) in [5.74, 6) is 1.62. The van der Waals surface area contributed by atoms with Crippen molar-refractivity contribution in [3.8, 4) is 11.5 Å². The van der Waals surface area contributed by atoms with Crippen LogP contribution < -0.4 is 14.8 Å². The van der Waals surface area contributed by atoms with Gasteiger partial charge < -0.3 is 19.7 Å². The third-order valence-electron chi connectivity index (χ3n) is 5.19. The van der Waals surface area contributed by atoms with Gasteiger partial charge in [-0.25, -0.2) is 0 Å². The van der Waals surface area contributed by atoms with E-state index in [0.29, 0.717) is 29.5 Å². The van der Waals surface area contributed by atoms with Crippen molar-refractivity contribution in [3.63, 3.8) is 0 Å². The molecule has 1 atom stereocenters. The zero-order valence-electron chi connectivity index (χ0n) is 16.8. The average Bonchev–Trinajstić information content (AvgIpc) is 3.25. The van der Waals surface area contributed by atoms with Crippen molar-refractivity contribution in [2.45, 2.75) is 25.8 Å². The van der Waals surface area contributed by atoms with Crippen molar-refractivity contribution in [2.75, 3.05) is 40.4 Å². The number of hydrogen-bond acceptors (Lipinski definition) is 5. The number of benzene rings is 1. The minimum absolute atomic E-state index is 0.0898. The molecule has 1 amide bonds. The van der Waals surface area contributed by atoms with E-state index in [-0.39, 0.29) is 5.91 Å². The van der Waals surface area contributed by atoms with Crippen LogP contribution in [0.1, 0.15) is 29.6 Å². The zero-order chi connectivity index (χ0) is 19.8. The fourth-order valence-electron chi connectivity index (χ4n) is 3.69. The van der Waals surface area contributed by atoms with Crippen LogP contribution in [-0.4, -0.2) is 61.0 Å². The molecule has 1 unspecified atom stereocenters. The summed E-state index contributed by atoms with van der Waals surface area (Å²) in [7, 11) is 3.17. The number of aryl methyl sites for hydroxylation is 1. The molecule has 7 heteroatoms. The van der Waals surface area contributed by atoms with E-state index < -0.39 is 0 Å². The molecule has 1 N–H and O–H groups in total. The van der Waals surface area contributed by atoms with E-state index in [0.717, 1.165) is 39.0 Å². The third kappa shape index (κ3) is 5.73. The van der Waals surface area contributed by atoms with Crippen LogP contribution in [-0.2, 0) is 6.54 Å². The number of nitrogens with zero attached hydrogens (tertiary/aromatic N) is 3. The average molecular weight is 386 g/mol. The lowest BCUT2D eigenvalue weighted by molar-refractivity contribution is 0.0931. The van der Waals surface area contributed by atoms with Gasteiger partial charge in [0.1, 0.15) is 11.5 Å². The molecule has 0 radical (unpaired) electrons. The summed E-state index contributed by atoms with van der Waals surface area (Å²) in [5, 5.41) is 7.33. The van der Waals surface area contributed by atoms with Crippen molar-refractivity contribution in [2.24, 2.45) is 5.92 Å². The third-order valence-corrected chi connectivity index (χ3v) is 5.19. The van der Waals surface area contributed by atoms with Gasteiger partial charge in [-0.05, 0) is 56.5 Å². The molecule has 0 aliphatic carbocycles. The molecule has 1 aromatic carbocycles. The van der Waals surface area contributed by atoms with Gasteiger partial charge >= 0.3 is 0 Å². The number of hydrogen-bond donors (Lipinski definition) is 1. The van der Waals surface area contributed by atoms with Crippen molar-refractivity contribution in [3.05, 3.63) is 42.2 Å². The molecule has 0 saturated carbocycles. The number of likely N-dealkylation sites (tertiary alicyclic amines) is 1. The highest BCUT2D eigenvalue weighted by molar-refractivity contribution is 5.95. The smallest absolute Gasteiger partial charge is 0.251 e. The van der Waals surface area contributed by atoms with Crippen molar-refractivity contribution in [1.29, 1.82) is 0 Å². The fraction of sp³-hybridized carbons (Fsp3) is 0.524. The van der Waals surface area contributed by atoms with Gasteiger partial charge in [0.05, 0.1) is 14.2 Å². The van der Waals surface area contributed by atoms with Crippen LogP contribution in [0.25, 0.3) is 0 Å². The van der Waals surface area contributed by atoms with E-state index >= 15 is 0 Å². The fourth-order valence-corrected chi connectivity index (χ4v) is 3.69. The molecular formula is C21H30N4O3. The van der Waals surface area contributed by atoms with Gasteiger partial charge in [0.25, 0.3) is 5.91 Å². The second-order valence-electron chi connectivity index (χ2n) is 7.24. The number of methoxy groups -OCH3 is 2. The van der Waals surface area contributed by atoms with E-state index in [1.54, 1.807) is 32.4 Å². The number of rotatable bonds is 9. The van der Waals surface area contributed by atoms with Crippen LogP contribution in [0.3, 0.4) is 0 Å². The summed E-state index contributed by atoms with van der Waals surface area (Å²) in [4.78, 5) is 15.1. The molecule has 28 heavy (non-hydrogen) atoms. The highest BCUT2D eigenvalue weighted by atomic mass is 16.5. The Bertz CT molecular complexity index is 726. The lowest BCUT2D eigenvalue weighted by Gasteiger charge is -2.32. The molecule has 152 valence electrons. The Morgan fingerprint density at radius 3 is 2.68 bits per heavy atom. The Hall–Kier alpha value is -2.54. The maximum atomic E-state index is 12.6. The first-order valence-electron chi connectivity index (χ1n) is 9.89. The summed E-state index contributed by atoms with van der Waals surface area (Å²) < 4.78 is 12.5. The molecular weight excluding hydrogens is 356 g/mol. The van der Waals surface area contributed by atoms with Crippen molar-refractivity contribution in [1.82, 2.24) is 20.0 Å². The predicted octanol–water partition coefficient (Wildman–Crippen LogP) is 2.43. The molecule has 1 aliphatic heterocycles. The molecule has 0 spiro atoms. The van der Waals surface area contributed by atoms with Gasteiger partial charge in [0, 0.05) is 43.7 Å². The van der Waals surface area contributed by atoms with E-state index in [4.69, 9.17) is 9.47 Å². The maximum Gasteiger partial charge on any atom is 0.251 e. The molecule has 1 saturated heterocycles. The summed E-state index contributed by atoms with van der Waals surface area (Å²) >= 11 is 0. The van der Waals surface area contributed by atoms with Gasteiger partial charge in [0.2, 0.25) is 0 Å². The Morgan fingerprint density at radius 2 is 2.00 bits per heavy atom. The van der Waals surface area contributed by atoms with Crippen LogP contribution in [0, 0.1) is 5.92 Å². The van der Waals surface area contributed by atoms with Gasteiger partial charge in [-0.15, -0.1) is 0 Å². The predicted molar refractivity (Wildman–Crippen MR) is 108 cm³/mol. The summed E-state index contributed by atoms with van der Waals surface area (Å²) in [6.07, 6.45) is 7.23. The quantitative estimate of drug-likeness (QED) is 0.717. The first kappa shape index (κ1) is 20.2. The van der Waals surface area contributed by atoms with Crippen molar-refractivity contribution >= 4 is 5.91 Å². The number of aromatic nitrogens is 2. The van der Waals surface area contributed by atoms with E-state index in [9.17, 15) is 4.79 Å². The summed E-state index contributed by atoms with van der Waals surface area (Å²) in [5.41, 5.74) is 0.558. The van der Waals surface area contributed by atoms with E-state index in [1.807, 2.05) is 23.1 Å². The summed E-state index contributed by atoms with van der Waals surface area (Å²) in [6, 6.07) is 7.19. The Labute approximate surface area is 166 Å².